The van der Waals surface area contributed by atoms with E-state index < -0.39 is 6.10 Å². The minimum absolute atomic E-state index is 0.0732. The highest BCUT2D eigenvalue weighted by molar-refractivity contribution is 5.81. The van der Waals surface area contributed by atoms with Crippen LogP contribution >= 0.6 is 0 Å². The Labute approximate surface area is 141 Å². The molecule has 2 N–H and O–H groups in total. The van der Waals surface area contributed by atoms with Crippen LogP contribution in [0.5, 0.6) is 0 Å². The predicted octanol–water partition coefficient (Wildman–Crippen LogP) is 1.19. The lowest BCUT2D eigenvalue weighted by Gasteiger charge is -2.33. The molecule has 1 unspecified atom stereocenters. The number of imidazole rings is 1. The van der Waals surface area contributed by atoms with Crippen molar-refractivity contribution >= 4 is 11.6 Å². The van der Waals surface area contributed by atoms with E-state index in [0.29, 0.717) is 6.04 Å². The average molecular weight is 328 g/mol. The number of nitrogens with zero attached hydrogens (tertiary/aromatic N) is 3. The molecule has 1 saturated heterocycles. The van der Waals surface area contributed by atoms with E-state index in [2.05, 4.69) is 25.7 Å². The Hall–Kier alpha value is -1.92. The van der Waals surface area contributed by atoms with Crippen molar-refractivity contribution in [3.8, 4) is 0 Å². The molecular formula is C18H24N4O2. The van der Waals surface area contributed by atoms with E-state index in [4.69, 9.17) is 0 Å². The lowest BCUT2D eigenvalue weighted by atomic mass is 9.90. The fraction of sp³-hybridized carbons (Fsp3) is 0.556. The maximum atomic E-state index is 12.0. The zero-order chi connectivity index (χ0) is 16.5. The zero-order valence-corrected chi connectivity index (χ0v) is 13.8. The number of piperidine rings is 1. The molecule has 0 bridgehead atoms. The third-order valence-electron chi connectivity index (χ3n) is 5.17. The summed E-state index contributed by atoms with van der Waals surface area (Å²) in [7, 11) is 0. The number of likely N-dealkylation sites (tertiary alicyclic amines) is 1. The fourth-order valence-corrected chi connectivity index (χ4v) is 3.52. The van der Waals surface area contributed by atoms with Crippen LogP contribution in [-0.2, 0) is 11.3 Å². The Bertz CT molecular complexity index is 717. The zero-order valence-electron chi connectivity index (χ0n) is 13.8. The highest BCUT2D eigenvalue weighted by Crippen LogP contribution is 2.24. The van der Waals surface area contributed by atoms with Gasteiger partial charge in [0.15, 0.2) is 0 Å². The Morgan fingerprint density at radius 1 is 1.29 bits per heavy atom. The summed E-state index contributed by atoms with van der Waals surface area (Å²) in [6.07, 6.45) is 6.78. The van der Waals surface area contributed by atoms with E-state index in [-0.39, 0.29) is 11.8 Å². The van der Waals surface area contributed by atoms with Gasteiger partial charge in [-0.2, -0.15) is 0 Å². The number of aliphatic hydroxyl groups excluding tert-OH is 1. The van der Waals surface area contributed by atoms with E-state index in [1.54, 1.807) is 0 Å². The van der Waals surface area contributed by atoms with Gasteiger partial charge in [0.25, 0.3) is 0 Å². The molecule has 6 heteroatoms. The number of hydrogen-bond acceptors (Lipinski definition) is 4. The Kier molecular flexibility index (Phi) is 4.24. The van der Waals surface area contributed by atoms with E-state index in [9.17, 15) is 9.90 Å². The number of nitrogens with one attached hydrogen (secondary N) is 1. The van der Waals surface area contributed by atoms with Gasteiger partial charge < -0.3 is 14.8 Å². The van der Waals surface area contributed by atoms with E-state index in [1.807, 2.05) is 24.5 Å². The number of fused-ring (bicyclic) bond motifs is 1. The van der Waals surface area contributed by atoms with E-state index in [1.165, 1.54) is 5.69 Å². The normalized spacial score (nSPS) is 21.0. The first-order chi connectivity index (χ1) is 11.7. The van der Waals surface area contributed by atoms with Crippen molar-refractivity contribution in [1.29, 1.82) is 0 Å². The number of carbonyl (C=O) groups is 1. The quantitative estimate of drug-likeness (QED) is 0.865. The van der Waals surface area contributed by atoms with Crippen LogP contribution in [0.25, 0.3) is 5.65 Å². The van der Waals surface area contributed by atoms with Crippen LogP contribution < -0.4 is 5.32 Å². The molecule has 24 heavy (non-hydrogen) atoms. The second kappa shape index (κ2) is 6.53. The molecule has 0 radical (unpaired) electrons. The molecule has 1 aliphatic heterocycles. The number of aromatic nitrogens is 2. The summed E-state index contributed by atoms with van der Waals surface area (Å²) >= 11 is 0. The molecule has 1 amide bonds. The van der Waals surface area contributed by atoms with Gasteiger partial charge in [0, 0.05) is 30.7 Å². The van der Waals surface area contributed by atoms with Gasteiger partial charge in [0.1, 0.15) is 11.8 Å². The summed E-state index contributed by atoms with van der Waals surface area (Å²) in [5.41, 5.74) is 2.19. The third-order valence-corrected chi connectivity index (χ3v) is 5.17. The number of rotatable bonds is 5. The van der Waals surface area contributed by atoms with Crippen LogP contribution in [0.2, 0.25) is 0 Å². The van der Waals surface area contributed by atoms with Crippen molar-refractivity contribution < 1.29 is 9.90 Å². The first-order valence-corrected chi connectivity index (χ1v) is 8.82. The van der Waals surface area contributed by atoms with Crippen molar-refractivity contribution in [3.63, 3.8) is 0 Å². The van der Waals surface area contributed by atoms with Crippen molar-refractivity contribution in [1.82, 2.24) is 19.6 Å². The standard InChI is InChI=1S/C18H24N4O2/c23-17(18(24)20-14-4-5-14)13-6-9-21(10-7-13)12-15-2-1-3-16-19-8-11-22(15)16/h1-3,8,11,13-14,17,23H,4-7,9-10,12H2,(H,20,24). The number of amides is 1. The van der Waals surface area contributed by atoms with Gasteiger partial charge in [0.05, 0.1) is 0 Å². The topological polar surface area (TPSA) is 69.9 Å². The molecular weight excluding hydrogens is 304 g/mol. The van der Waals surface area contributed by atoms with E-state index in [0.717, 1.165) is 51.0 Å². The van der Waals surface area contributed by atoms with Crippen LogP contribution in [-0.4, -0.2) is 50.5 Å². The molecule has 3 heterocycles. The third kappa shape index (κ3) is 3.30. The molecule has 2 aromatic heterocycles. The monoisotopic (exact) mass is 328 g/mol. The molecule has 1 aliphatic carbocycles. The van der Waals surface area contributed by atoms with Gasteiger partial charge >= 0.3 is 0 Å². The SMILES string of the molecule is O=C(NC1CC1)C(O)C1CCN(Cc2cccc3nccn23)CC1. The second-order valence-electron chi connectivity index (χ2n) is 7.01. The molecule has 1 saturated carbocycles. The average Bonchev–Trinajstić information content (AvgIpc) is 3.27. The maximum absolute atomic E-state index is 12.0. The van der Waals surface area contributed by atoms with Crippen molar-refractivity contribution in [2.75, 3.05) is 13.1 Å². The minimum atomic E-state index is -0.857. The summed E-state index contributed by atoms with van der Waals surface area (Å²) in [4.78, 5) is 18.7. The molecule has 128 valence electrons. The Morgan fingerprint density at radius 3 is 2.83 bits per heavy atom. The largest absolute Gasteiger partial charge is 0.383 e. The van der Waals surface area contributed by atoms with Crippen LogP contribution in [0.1, 0.15) is 31.4 Å². The summed E-state index contributed by atoms with van der Waals surface area (Å²) in [6.45, 7) is 2.68. The predicted molar refractivity (Wildman–Crippen MR) is 90.4 cm³/mol. The van der Waals surface area contributed by atoms with Crippen molar-refractivity contribution in [2.24, 2.45) is 5.92 Å². The smallest absolute Gasteiger partial charge is 0.249 e. The lowest BCUT2D eigenvalue weighted by molar-refractivity contribution is -0.133. The second-order valence-corrected chi connectivity index (χ2v) is 7.01. The van der Waals surface area contributed by atoms with Crippen molar-refractivity contribution in [2.45, 2.75) is 44.4 Å². The lowest BCUT2D eigenvalue weighted by Crippen LogP contribution is -2.45. The Balaban J connectivity index is 1.32. The molecule has 2 fully saturated rings. The van der Waals surface area contributed by atoms with E-state index >= 15 is 0 Å². The van der Waals surface area contributed by atoms with Crippen LogP contribution in [0, 0.1) is 5.92 Å². The minimum Gasteiger partial charge on any atom is -0.383 e. The van der Waals surface area contributed by atoms with Gasteiger partial charge in [-0.1, -0.05) is 6.07 Å². The Morgan fingerprint density at radius 2 is 2.08 bits per heavy atom. The highest BCUT2D eigenvalue weighted by Gasteiger charge is 2.33. The van der Waals surface area contributed by atoms with Crippen LogP contribution in [0.4, 0.5) is 0 Å². The maximum Gasteiger partial charge on any atom is 0.249 e. The van der Waals surface area contributed by atoms with Crippen LogP contribution in [0.3, 0.4) is 0 Å². The van der Waals surface area contributed by atoms with Crippen molar-refractivity contribution in [3.05, 3.63) is 36.3 Å². The first kappa shape index (κ1) is 15.6. The molecule has 0 aromatic carbocycles. The number of carbonyl (C=O) groups excluding carboxylic acids is 1. The molecule has 4 rings (SSSR count). The van der Waals surface area contributed by atoms with Gasteiger partial charge in [-0.05, 0) is 56.8 Å². The number of aliphatic hydroxyl groups is 1. The van der Waals surface area contributed by atoms with Gasteiger partial charge in [0.2, 0.25) is 5.91 Å². The highest BCUT2D eigenvalue weighted by atomic mass is 16.3. The molecule has 0 spiro atoms. The molecule has 2 aliphatic rings. The molecule has 1 atom stereocenters. The van der Waals surface area contributed by atoms with Gasteiger partial charge in [-0.25, -0.2) is 4.98 Å². The first-order valence-electron chi connectivity index (χ1n) is 8.82. The number of hydrogen-bond donors (Lipinski definition) is 2. The molecule has 6 nitrogen and oxygen atoms in total. The summed E-state index contributed by atoms with van der Waals surface area (Å²) in [6, 6.07) is 6.47. The summed E-state index contributed by atoms with van der Waals surface area (Å²) < 4.78 is 2.12. The van der Waals surface area contributed by atoms with Crippen LogP contribution in [0.15, 0.2) is 30.6 Å². The van der Waals surface area contributed by atoms with Gasteiger partial charge in [-0.15, -0.1) is 0 Å². The number of pyridine rings is 1. The van der Waals surface area contributed by atoms with Gasteiger partial charge in [-0.3, -0.25) is 9.69 Å². The summed E-state index contributed by atoms with van der Waals surface area (Å²) in [5, 5.41) is 13.2. The molecule has 2 aromatic rings. The fourth-order valence-electron chi connectivity index (χ4n) is 3.52. The summed E-state index contributed by atoms with van der Waals surface area (Å²) in [5.74, 6) is -0.108.